The highest BCUT2D eigenvalue weighted by atomic mass is 32.1. The third-order valence-electron chi connectivity index (χ3n) is 12.3. The van der Waals surface area contributed by atoms with E-state index in [0.717, 1.165) is 40.2 Å². The molecule has 3 amide bonds. The number of thiazole rings is 1. The highest BCUT2D eigenvalue weighted by molar-refractivity contribution is 7.13. The van der Waals surface area contributed by atoms with E-state index in [1.54, 1.807) is 23.7 Å². The van der Waals surface area contributed by atoms with Gasteiger partial charge >= 0.3 is 0 Å². The fraction of sp³-hybridized carbons (Fsp3) is 0.417. The molecule has 8 rings (SSSR count). The monoisotopic (exact) mass is 902 g/mol. The molecule has 0 spiro atoms. The Kier molecular flexibility index (Phi) is 12.9. The molecule has 65 heavy (non-hydrogen) atoms. The summed E-state index contributed by atoms with van der Waals surface area (Å²) in [7, 11) is 0. The van der Waals surface area contributed by atoms with Gasteiger partial charge in [0.25, 0.3) is 5.91 Å². The van der Waals surface area contributed by atoms with Gasteiger partial charge in [-0.3, -0.25) is 14.4 Å². The van der Waals surface area contributed by atoms with E-state index in [1.807, 2.05) is 89.2 Å². The number of hydrogen-bond donors (Lipinski definition) is 4. The van der Waals surface area contributed by atoms with Crippen LogP contribution in [0, 0.1) is 18.3 Å². The lowest BCUT2D eigenvalue weighted by atomic mass is 9.85. The van der Waals surface area contributed by atoms with Crippen LogP contribution in [-0.2, 0) is 20.9 Å². The van der Waals surface area contributed by atoms with Gasteiger partial charge in [0.1, 0.15) is 29.7 Å². The molecule has 15 nitrogen and oxygen atoms in total. The normalized spacial score (nSPS) is 19.0. The number of alkyl halides is 1. The van der Waals surface area contributed by atoms with E-state index < -0.39 is 35.0 Å². The van der Waals surface area contributed by atoms with Gasteiger partial charge in [-0.1, -0.05) is 52.0 Å². The maximum atomic E-state index is 14.7. The highest BCUT2D eigenvalue weighted by Crippen LogP contribution is 2.41. The molecule has 0 radical (unpaired) electrons. The SMILES string of the molecule is Cc1ncsc1-c1ccc(CNC(=O)[C@H]2C[C@H](C)CN2C(=O)[C@@H](NC(=O)C2(F)CC2)C(C)(C)C)c(N=Nc2ccc(OC3CCN(c4cc(-c5ccccc5O)nnc4N)CC3)cc2)c1. The lowest BCUT2D eigenvalue weighted by Gasteiger charge is -2.35. The first kappa shape index (κ1) is 45.1. The minimum atomic E-state index is -1.93. The number of nitrogens with one attached hydrogen (secondary N) is 2. The second-order valence-electron chi connectivity index (χ2n) is 18.4. The van der Waals surface area contributed by atoms with Crippen LogP contribution in [0.25, 0.3) is 21.7 Å². The number of nitrogens with zero attached hydrogens (tertiary/aromatic N) is 7. The van der Waals surface area contributed by atoms with Crippen molar-refractivity contribution in [2.45, 2.75) is 97.1 Å². The number of hydrogen-bond acceptors (Lipinski definition) is 13. The number of ether oxygens (including phenoxy) is 1. The molecule has 3 atom stereocenters. The number of likely N-dealkylation sites (tertiary alicyclic amines) is 1. The lowest BCUT2D eigenvalue weighted by molar-refractivity contribution is -0.144. The van der Waals surface area contributed by atoms with E-state index in [9.17, 15) is 23.9 Å². The number of amides is 3. The summed E-state index contributed by atoms with van der Waals surface area (Å²) in [5, 5.41) is 33.7. The van der Waals surface area contributed by atoms with Crippen molar-refractivity contribution in [1.82, 2.24) is 30.7 Å². The van der Waals surface area contributed by atoms with Crippen molar-refractivity contribution in [2.75, 3.05) is 30.3 Å². The molecule has 5 N–H and O–H groups in total. The predicted octanol–water partition coefficient (Wildman–Crippen LogP) is 8.21. The Hall–Kier alpha value is -6.49. The molecular weight excluding hydrogens is 848 g/mol. The van der Waals surface area contributed by atoms with Crippen molar-refractivity contribution in [2.24, 2.45) is 21.6 Å². The summed E-state index contributed by atoms with van der Waals surface area (Å²) in [4.78, 5) is 49.9. The van der Waals surface area contributed by atoms with Gasteiger partial charge in [-0.05, 0) is 97.2 Å². The fourth-order valence-electron chi connectivity index (χ4n) is 8.35. The molecule has 4 heterocycles. The van der Waals surface area contributed by atoms with Crippen molar-refractivity contribution in [1.29, 1.82) is 0 Å². The number of halogens is 1. The van der Waals surface area contributed by atoms with Crippen molar-refractivity contribution < 1.29 is 28.6 Å². The summed E-state index contributed by atoms with van der Waals surface area (Å²) in [6.45, 7) is 11.3. The second-order valence-corrected chi connectivity index (χ2v) is 19.3. The van der Waals surface area contributed by atoms with E-state index in [1.165, 1.54) is 16.2 Å². The molecule has 3 aliphatic rings. The molecule has 2 saturated heterocycles. The summed E-state index contributed by atoms with van der Waals surface area (Å²) < 4.78 is 21.1. The zero-order valence-corrected chi connectivity index (χ0v) is 38.1. The lowest BCUT2D eigenvalue weighted by Crippen LogP contribution is -2.58. The van der Waals surface area contributed by atoms with E-state index in [-0.39, 0.29) is 43.1 Å². The summed E-state index contributed by atoms with van der Waals surface area (Å²) in [6, 6.07) is 20.3. The summed E-state index contributed by atoms with van der Waals surface area (Å²) >= 11 is 1.52. The van der Waals surface area contributed by atoms with Gasteiger partial charge in [-0.15, -0.1) is 21.5 Å². The van der Waals surface area contributed by atoms with Crippen molar-refractivity contribution >= 4 is 51.9 Å². The quantitative estimate of drug-likeness (QED) is 0.0835. The standard InChI is InChI=1S/C48H55FN10O5S/c1-28-22-39(59(26-28)45(62)42(47(3,4)5)53-46(63)48(49)18-19-48)44(61)51-25-31-11-10-30(41-29(2)52-27-65-41)23-36(31)55-54-32-12-14-33(15-13-32)64-34-16-20-58(21-17-34)38-24-37(56-57-43(38)50)35-8-6-7-9-40(35)60/h6-15,23-24,27-28,34,39,42,60H,16-22,25-26H2,1-5H3,(H2,50,57)(H,51,61)(H,53,63)/t28-,39+,42+/m0/s1. The molecule has 2 aromatic heterocycles. The van der Waals surface area contributed by atoms with Crippen molar-refractivity contribution in [3.63, 3.8) is 0 Å². The topological polar surface area (TPSA) is 201 Å². The van der Waals surface area contributed by atoms with Gasteiger partial charge in [0.2, 0.25) is 11.8 Å². The summed E-state index contributed by atoms with van der Waals surface area (Å²) in [5.74, 6) is -0.292. The number of phenols is 1. The Bertz CT molecular complexity index is 2590. The number of phenolic OH excluding ortho intramolecular Hbond substituents is 1. The molecule has 0 unspecified atom stereocenters. The van der Waals surface area contributed by atoms with Crippen LogP contribution in [0.2, 0.25) is 0 Å². The Morgan fingerprint density at radius 3 is 2.45 bits per heavy atom. The second kappa shape index (κ2) is 18.5. The highest BCUT2D eigenvalue weighted by Gasteiger charge is 2.53. The van der Waals surface area contributed by atoms with Gasteiger partial charge < -0.3 is 36.0 Å². The number of nitrogen functional groups attached to an aromatic ring is 1. The summed E-state index contributed by atoms with van der Waals surface area (Å²) in [5.41, 5.74) is 11.0. The number of anilines is 2. The number of piperidine rings is 1. The minimum Gasteiger partial charge on any atom is -0.507 e. The van der Waals surface area contributed by atoms with Crippen LogP contribution in [0.1, 0.15) is 71.1 Å². The summed E-state index contributed by atoms with van der Waals surface area (Å²) in [6.07, 6.45) is 2.23. The molecule has 3 aromatic carbocycles. The number of benzene rings is 3. The largest absolute Gasteiger partial charge is 0.507 e. The Balaban J connectivity index is 0.919. The maximum absolute atomic E-state index is 14.7. The zero-order valence-electron chi connectivity index (χ0n) is 37.3. The van der Waals surface area contributed by atoms with E-state index in [2.05, 4.69) is 40.9 Å². The van der Waals surface area contributed by atoms with Gasteiger partial charge in [-0.25, -0.2) is 9.37 Å². The van der Waals surface area contributed by atoms with Crippen LogP contribution in [0.5, 0.6) is 11.5 Å². The maximum Gasteiger partial charge on any atom is 0.258 e. The third-order valence-corrected chi connectivity index (χ3v) is 13.3. The zero-order chi connectivity index (χ0) is 46.0. The molecular formula is C48H55FN10O5S. The first-order valence-electron chi connectivity index (χ1n) is 22.0. The first-order valence-corrected chi connectivity index (χ1v) is 22.9. The van der Waals surface area contributed by atoms with Crippen LogP contribution in [0.15, 0.2) is 88.5 Å². The molecule has 17 heteroatoms. The van der Waals surface area contributed by atoms with Crippen LogP contribution in [0.4, 0.5) is 27.3 Å². The molecule has 340 valence electrons. The smallest absolute Gasteiger partial charge is 0.258 e. The average Bonchev–Trinajstić information content (AvgIpc) is 3.70. The van der Waals surface area contributed by atoms with Gasteiger partial charge in [0.15, 0.2) is 11.5 Å². The average molecular weight is 903 g/mol. The molecule has 1 aliphatic carbocycles. The van der Waals surface area contributed by atoms with E-state index in [4.69, 9.17) is 10.5 Å². The molecule has 1 saturated carbocycles. The number of aryl methyl sites for hydroxylation is 1. The van der Waals surface area contributed by atoms with Crippen LogP contribution >= 0.6 is 11.3 Å². The van der Waals surface area contributed by atoms with Crippen molar-refractivity contribution in [3.8, 4) is 33.2 Å². The number of para-hydroxylation sites is 1. The minimum absolute atomic E-state index is 0.0160. The Morgan fingerprint density at radius 1 is 1.03 bits per heavy atom. The number of carbonyl (C=O) groups excluding carboxylic acids is 3. The van der Waals surface area contributed by atoms with Gasteiger partial charge in [0, 0.05) is 44.6 Å². The van der Waals surface area contributed by atoms with E-state index >= 15 is 0 Å². The number of aromatic hydroxyl groups is 1. The molecule has 0 bridgehead atoms. The van der Waals surface area contributed by atoms with Gasteiger partial charge in [0.05, 0.1) is 38.8 Å². The van der Waals surface area contributed by atoms with E-state index in [0.29, 0.717) is 60.3 Å². The van der Waals surface area contributed by atoms with Crippen molar-refractivity contribution in [3.05, 3.63) is 89.6 Å². The predicted molar refractivity (Wildman–Crippen MR) is 248 cm³/mol. The van der Waals surface area contributed by atoms with Crippen LogP contribution < -0.4 is 26.0 Å². The molecule has 2 aliphatic heterocycles. The Morgan fingerprint density at radius 2 is 1.77 bits per heavy atom. The van der Waals surface area contributed by atoms with Crippen LogP contribution in [0.3, 0.4) is 0 Å². The first-order chi connectivity index (χ1) is 31.1. The molecule has 3 fully saturated rings. The fourth-order valence-corrected chi connectivity index (χ4v) is 9.16. The molecule has 5 aromatic rings. The number of aromatic nitrogens is 3. The Labute approximate surface area is 381 Å². The van der Waals surface area contributed by atoms with Crippen LogP contribution in [-0.4, -0.2) is 86.4 Å². The number of nitrogens with two attached hydrogens (primary N) is 1. The number of azo groups is 1. The van der Waals surface area contributed by atoms with Gasteiger partial charge in [-0.2, -0.15) is 10.2 Å². The third kappa shape index (κ3) is 10.2. The number of carbonyl (C=O) groups is 3. The number of rotatable bonds is 13.